The van der Waals surface area contributed by atoms with Crippen molar-refractivity contribution in [2.75, 3.05) is 6.54 Å². The molecule has 29 heavy (non-hydrogen) atoms. The van der Waals surface area contributed by atoms with Crippen LogP contribution in [-0.4, -0.2) is 46.6 Å². The fourth-order valence-electron chi connectivity index (χ4n) is 4.68. The molecular formula is C22H30N2O5. The summed E-state index contributed by atoms with van der Waals surface area (Å²) in [5.74, 6) is -0.620. The lowest BCUT2D eigenvalue weighted by atomic mass is 9.92. The summed E-state index contributed by atoms with van der Waals surface area (Å²) in [7, 11) is 0. The Balaban J connectivity index is 1.66. The van der Waals surface area contributed by atoms with Crippen LogP contribution in [0.5, 0.6) is 0 Å². The van der Waals surface area contributed by atoms with Gasteiger partial charge in [-0.2, -0.15) is 0 Å². The first kappa shape index (κ1) is 21.1. The van der Waals surface area contributed by atoms with E-state index in [0.717, 1.165) is 31.2 Å². The van der Waals surface area contributed by atoms with E-state index in [0.29, 0.717) is 11.8 Å². The van der Waals surface area contributed by atoms with E-state index in [1.165, 1.54) is 4.90 Å². The number of carboxylic acids is 1. The molecule has 2 amide bonds. The maximum Gasteiger partial charge on any atom is 0.408 e. The molecule has 2 aliphatic carbocycles. The van der Waals surface area contributed by atoms with Crippen molar-refractivity contribution in [2.45, 2.75) is 58.2 Å². The third kappa shape index (κ3) is 5.28. The lowest BCUT2D eigenvalue weighted by Crippen LogP contribution is -2.56. The van der Waals surface area contributed by atoms with Crippen molar-refractivity contribution in [3.05, 3.63) is 35.9 Å². The fraction of sp³-hybridized carbons (Fsp3) is 0.591. The number of carbonyl (C=O) groups is 3. The minimum atomic E-state index is -1.03. The fourth-order valence-corrected chi connectivity index (χ4v) is 4.68. The van der Waals surface area contributed by atoms with E-state index < -0.39 is 18.1 Å². The summed E-state index contributed by atoms with van der Waals surface area (Å²) in [4.78, 5) is 38.5. The molecule has 158 valence electrons. The molecule has 0 aliphatic heterocycles. The molecule has 7 nitrogen and oxygen atoms in total. The molecule has 2 bridgehead atoms. The van der Waals surface area contributed by atoms with Gasteiger partial charge < -0.3 is 20.1 Å². The number of carbonyl (C=O) groups excluding carboxylic acids is 2. The van der Waals surface area contributed by atoms with E-state index in [4.69, 9.17) is 4.74 Å². The van der Waals surface area contributed by atoms with Gasteiger partial charge in [-0.15, -0.1) is 0 Å². The van der Waals surface area contributed by atoms with Gasteiger partial charge in [-0.05, 0) is 42.6 Å². The minimum absolute atomic E-state index is 0.0549. The van der Waals surface area contributed by atoms with Crippen LogP contribution >= 0.6 is 0 Å². The van der Waals surface area contributed by atoms with E-state index in [2.05, 4.69) is 5.32 Å². The number of carboxylic acid groups (broad SMARTS) is 1. The number of rotatable bonds is 8. The Morgan fingerprint density at radius 1 is 1.17 bits per heavy atom. The molecule has 0 spiro atoms. The Morgan fingerprint density at radius 2 is 1.90 bits per heavy atom. The average Bonchev–Trinajstić information content (AvgIpc) is 3.32. The van der Waals surface area contributed by atoms with Gasteiger partial charge in [0, 0.05) is 6.04 Å². The smallest absolute Gasteiger partial charge is 0.408 e. The third-order valence-electron chi connectivity index (χ3n) is 6.11. The first-order valence-electron chi connectivity index (χ1n) is 10.3. The Bertz CT molecular complexity index is 736. The Hall–Kier alpha value is -2.57. The highest BCUT2D eigenvalue weighted by atomic mass is 16.5. The third-order valence-corrected chi connectivity index (χ3v) is 6.11. The predicted molar refractivity (Wildman–Crippen MR) is 107 cm³/mol. The maximum absolute atomic E-state index is 13.3. The van der Waals surface area contributed by atoms with Crippen LogP contribution in [0.3, 0.4) is 0 Å². The van der Waals surface area contributed by atoms with Gasteiger partial charge in [0.25, 0.3) is 0 Å². The highest BCUT2D eigenvalue weighted by molar-refractivity contribution is 5.88. The molecule has 0 heterocycles. The summed E-state index contributed by atoms with van der Waals surface area (Å²) < 4.78 is 5.26. The second-order valence-electron chi connectivity index (χ2n) is 8.53. The lowest BCUT2D eigenvalue weighted by Gasteiger charge is -2.36. The monoisotopic (exact) mass is 402 g/mol. The normalized spacial score (nSPS) is 23.6. The van der Waals surface area contributed by atoms with Crippen molar-refractivity contribution in [2.24, 2.45) is 17.8 Å². The molecule has 3 unspecified atom stereocenters. The zero-order valence-electron chi connectivity index (χ0n) is 17.0. The summed E-state index contributed by atoms with van der Waals surface area (Å²) in [5.41, 5.74) is 0.851. The standard InChI is InChI=1S/C22H30N2O5/c1-14(2)20(23-22(28)29-13-15-6-4-3-5-7-15)21(27)24(12-19(25)26)18-11-16-8-9-17(18)10-16/h3-7,14,16-18,20H,8-13H2,1-2H3,(H,23,28)(H,25,26)/t16?,17?,18?,20-/m0/s1. The van der Waals surface area contributed by atoms with Crippen molar-refractivity contribution < 1.29 is 24.2 Å². The summed E-state index contributed by atoms with van der Waals surface area (Å²) in [6.07, 6.45) is 3.44. The van der Waals surface area contributed by atoms with Gasteiger partial charge in [-0.1, -0.05) is 50.6 Å². The summed E-state index contributed by atoms with van der Waals surface area (Å²) in [6.45, 7) is 3.44. The molecule has 3 rings (SSSR count). The van der Waals surface area contributed by atoms with Crippen molar-refractivity contribution in [1.29, 1.82) is 0 Å². The number of nitrogens with one attached hydrogen (secondary N) is 1. The molecule has 7 heteroatoms. The molecule has 2 N–H and O–H groups in total. The average molecular weight is 402 g/mol. The molecule has 2 fully saturated rings. The van der Waals surface area contributed by atoms with Crippen LogP contribution in [0.4, 0.5) is 4.79 Å². The van der Waals surface area contributed by atoms with Crippen LogP contribution in [0.1, 0.15) is 45.1 Å². The molecule has 2 aliphatic rings. The van der Waals surface area contributed by atoms with Crippen molar-refractivity contribution >= 4 is 18.0 Å². The molecule has 0 aromatic heterocycles. The van der Waals surface area contributed by atoms with E-state index in [1.54, 1.807) is 0 Å². The quantitative estimate of drug-likeness (QED) is 0.697. The van der Waals surface area contributed by atoms with E-state index >= 15 is 0 Å². The topological polar surface area (TPSA) is 95.9 Å². The van der Waals surface area contributed by atoms with Gasteiger partial charge >= 0.3 is 12.1 Å². The van der Waals surface area contributed by atoms with Gasteiger partial charge in [-0.3, -0.25) is 9.59 Å². The van der Waals surface area contributed by atoms with Gasteiger partial charge in [0.05, 0.1) is 0 Å². The first-order valence-corrected chi connectivity index (χ1v) is 10.3. The zero-order valence-corrected chi connectivity index (χ0v) is 17.0. The molecular weight excluding hydrogens is 372 g/mol. The largest absolute Gasteiger partial charge is 0.480 e. The number of hydrogen-bond donors (Lipinski definition) is 2. The Morgan fingerprint density at radius 3 is 2.45 bits per heavy atom. The number of amides is 2. The number of ether oxygens (including phenoxy) is 1. The Kier molecular flexibility index (Phi) is 6.77. The molecule has 2 saturated carbocycles. The Labute approximate surface area is 171 Å². The highest BCUT2D eigenvalue weighted by Crippen LogP contribution is 2.46. The van der Waals surface area contributed by atoms with Gasteiger partial charge in [0.2, 0.25) is 5.91 Å². The zero-order chi connectivity index (χ0) is 21.0. The van der Waals surface area contributed by atoms with E-state index in [1.807, 2.05) is 44.2 Å². The molecule has 0 saturated heterocycles. The summed E-state index contributed by atoms with van der Waals surface area (Å²) in [6, 6.07) is 8.41. The van der Waals surface area contributed by atoms with Crippen LogP contribution < -0.4 is 5.32 Å². The lowest BCUT2D eigenvalue weighted by molar-refractivity contribution is -0.148. The van der Waals surface area contributed by atoms with Crippen LogP contribution in [0, 0.1) is 17.8 Å². The van der Waals surface area contributed by atoms with Gasteiger partial charge in [0.15, 0.2) is 0 Å². The number of fused-ring (bicyclic) bond motifs is 2. The number of benzene rings is 1. The number of hydrogen-bond acceptors (Lipinski definition) is 4. The molecule has 1 aromatic carbocycles. The van der Waals surface area contributed by atoms with Crippen molar-refractivity contribution in [3.8, 4) is 0 Å². The van der Waals surface area contributed by atoms with Crippen LogP contribution in [0.2, 0.25) is 0 Å². The SMILES string of the molecule is CC(C)[C@H](NC(=O)OCc1ccccc1)C(=O)N(CC(=O)O)C1CC2CCC1C2. The van der Waals surface area contributed by atoms with E-state index in [9.17, 15) is 19.5 Å². The van der Waals surface area contributed by atoms with Crippen LogP contribution in [0.15, 0.2) is 30.3 Å². The van der Waals surface area contributed by atoms with Gasteiger partial charge in [0.1, 0.15) is 19.2 Å². The number of nitrogens with zero attached hydrogens (tertiary/aromatic N) is 1. The second-order valence-corrected chi connectivity index (χ2v) is 8.53. The molecule has 1 aromatic rings. The summed E-state index contributed by atoms with van der Waals surface area (Å²) in [5, 5.41) is 12.0. The number of aliphatic carboxylic acids is 1. The minimum Gasteiger partial charge on any atom is -0.480 e. The first-order chi connectivity index (χ1) is 13.8. The number of alkyl carbamates (subject to hydrolysis) is 1. The van der Waals surface area contributed by atoms with Crippen molar-refractivity contribution in [1.82, 2.24) is 10.2 Å². The predicted octanol–water partition coefficient (Wildman–Crippen LogP) is 3.04. The van der Waals surface area contributed by atoms with Gasteiger partial charge in [-0.25, -0.2) is 4.79 Å². The van der Waals surface area contributed by atoms with Crippen molar-refractivity contribution in [3.63, 3.8) is 0 Å². The highest BCUT2D eigenvalue weighted by Gasteiger charge is 2.45. The van der Waals surface area contributed by atoms with E-state index in [-0.39, 0.29) is 31.0 Å². The van der Waals surface area contributed by atoms with Crippen LogP contribution in [0.25, 0.3) is 0 Å². The van der Waals surface area contributed by atoms with Crippen LogP contribution in [-0.2, 0) is 20.9 Å². The molecule has 0 radical (unpaired) electrons. The molecule has 4 atom stereocenters. The maximum atomic E-state index is 13.3. The second kappa shape index (κ2) is 9.29. The summed E-state index contributed by atoms with van der Waals surface area (Å²) >= 11 is 0.